The maximum absolute atomic E-state index is 12.2. The second-order valence-corrected chi connectivity index (χ2v) is 4.80. The van der Waals surface area contributed by atoms with Crippen LogP contribution < -0.4 is 0 Å². The third kappa shape index (κ3) is 2.42. The molecule has 2 bridgehead atoms. The van der Waals surface area contributed by atoms with Crippen molar-refractivity contribution in [3.63, 3.8) is 0 Å². The van der Waals surface area contributed by atoms with E-state index in [1.54, 1.807) is 0 Å². The Balaban J connectivity index is 2.22. The fourth-order valence-electron chi connectivity index (χ4n) is 2.98. The standard InChI is InChI=1S/C10H14F2N2O5/c11-7(12)19-5-10-2-1-6(14(10)9(17)18)3-13(4-10)8(15)16/h6-7H,1-5H2,(H,15,16)(H,17,18)/t6-,10+/m0/s1. The molecule has 9 heteroatoms. The molecule has 2 amide bonds. The van der Waals surface area contributed by atoms with Crippen molar-refractivity contribution in [2.24, 2.45) is 0 Å². The molecule has 2 aliphatic heterocycles. The van der Waals surface area contributed by atoms with Crippen LogP contribution >= 0.6 is 0 Å². The quantitative estimate of drug-likeness (QED) is 0.808. The first-order valence-electron chi connectivity index (χ1n) is 5.75. The lowest BCUT2D eigenvalue weighted by Crippen LogP contribution is -2.65. The molecule has 2 rings (SSSR count). The molecule has 0 aliphatic carbocycles. The number of hydrogen-bond donors (Lipinski definition) is 2. The number of likely N-dealkylation sites (tertiary alicyclic amines) is 1. The number of alkyl halides is 2. The summed E-state index contributed by atoms with van der Waals surface area (Å²) in [6.07, 6.45) is -1.65. The summed E-state index contributed by atoms with van der Waals surface area (Å²) >= 11 is 0. The third-order valence-electron chi connectivity index (χ3n) is 3.69. The first kappa shape index (κ1) is 13.8. The number of hydrogen-bond acceptors (Lipinski definition) is 3. The highest BCUT2D eigenvalue weighted by molar-refractivity contribution is 5.70. The van der Waals surface area contributed by atoms with E-state index in [4.69, 9.17) is 5.11 Å². The highest BCUT2D eigenvalue weighted by Crippen LogP contribution is 2.39. The zero-order chi connectivity index (χ0) is 14.2. The van der Waals surface area contributed by atoms with E-state index in [0.29, 0.717) is 12.8 Å². The average Bonchev–Trinajstić information content (AvgIpc) is 2.55. The summed E-state index contributed by atoms with van der Waals surface area (Å²) in [4.78, 5) is 24.4. The van der Waals surface area contributed by atoms with Crippen LogP contribution in [-0.4, -0.2) is 70.1 Å². The van der Waals surface area contributed by atoms with Crippen LogP contribution in [0.4, 0.5) is 18.4 Å². The topological polar surface area (TPSA) is 90.3 Å². The molecule has 108 valence electrons. The second kappa shape index (κ2) is 4.80. The van der Waals surface area contributed by atoms with E-state index < -0.39 is 37.0 Å². The van der Waals surface area contributed by atoms with Crippen LogP contribution in [0.15, 0.2) is 0 Å². The predicted molar refractivity (Wildman–Crippen MR) is 57.2 cm³/mol. The Kier molecular flexibility index (Phi) is 3.48. The van der Waals surface area contributed by atoms with Gasteiger partial charge in [0.05, 0.1) is 18.2 Å². The van der Waals surface area contributed by atoms with Gasteiger partial charge in [0.1, 0.15) is 0 Å². The number of halogens is 2. The number of rotatable bonds is 3. The zero-order valence-electron chi connectivity index (χ0n) is 9.96. The maximum atomic E-state index is 12.2. The monoisotopic (exact) mass is 280 g/mol. The molecule has 2 heterocycles. The number of carboxylic acid groups (broad SMARTS) is 2. The predicted octanol–water partition coefficient (Wildman–Crippen LogP) is 1.10. The lowest BCUT2D eigenvalue weighted by molar-refractivity contribution is -0.158. The number of ether oxygens (including phenoxy) is 1. The van der Waals surface area contributed by atoms with Crippen molar-refractivity contribution >= 4 is 12.2 Å². The van der Waals surface area contributed by atoms with E-state index in [0.717, 1.165) is 9.80 Å². The van der Waals surface area contributed by atoms with Crippen LogP contribution in [0.5, 0.6) is 0 Å². The van der Waals surface area contributed by atoms with Crippen molar-refractivity contribution in [2.45, 2.75) is 31.0 Å². The summed E-state index contributed by atoms with van der Waals surface area (Å²) in [7, 11) is 0. The first-order chi connectivity index (χ1) is 8.85. The summed E-state index contributed by atoms with van der Waals surface area (Å²) in [6, 6.07) is -0.497. The van der Waals surface area contributed by atoms with Gasteiger partial charge >= 0.3 is 18.8 Å². The third-order valence-corrected chi connectivity index (χ3v) is 3.69. The fraction of sp³-hybridized carbons (Fsp3) is 0.800. The number of fused-ring (bicyclic) bond motifs is 2. The van der Waals surface area contributed by atoms with Gasteiger partial charge in [-0.3, -0.25) is 4.90 Å². The minimum atomic E-state index is -3.01. The van der Waals surface area contributed by atoms with Gasteiger partial charge in [0.2, 0.25) is 0 Å². The lowest BCUT2D eigenvalue weighted by Gasteiger charge is -2.46. The molecule has 0 saturated carbocycles. The molecule has 7 nitrogen and oxygen atoms in total. The molecular formula is C10H14F2N2O5. The van der Waals surface area contributed by atoms with Crippen molar-refractivity contribution in [3.05, 3.63) is 0 Å². The minimum Gasteiger partial charge on any atom is -0.465 e. The molecule has 19 heavy (non-hydrogen) atoms. The van der Waals surface area contributed by atoms with Gasteiger partial charge in [-0.05, 0) is 12.8 Å². The van der Waals surface area contributed by atoms with Gasteiger partial charge in [-0.25, -0.2) is 9.59 Å². The van der Waals surface area contributed by atoms with Crippen molar-refractivity contribution in [2.75, 3.05) is 19.7 Å². The van der Waals surface area contributed by atoms with Gasteiger partial charge in [-0.2, -0.15) is 8.78 Å². The number of carbonyl (C=O) groups is 2. The van der Waals surface area contributed by atoms with Crippen LogP contribution in [0.2, 0.25) is 0 Å². The second-order valence-electron chi connectivity index (χ2n) is 4.80. The largest absolute Gasteiger partial charge is 0.465 e. The normalized spacial score (nSPS) is 29.9. The molecule has 2 saturated heterocycles. The van der Waals surface area contributed by atoms with E-state index >= 15 is 0 Å². The van der Waals surface area contributed by atoms with E-state index in [2.05, 4.69) is 4.74 Å². The number of amides is 2. The Morgan fingerprint density at radius 3 is 2.58 bits per heavy atom. The SMILES string of the molecule is O=C(O)N1C[C@@H]2CC[C@](COC(F)F)(C1)N2C(=O)O. The van der Waals surface area contributed by atoms with Crippen molar-refractivity contribution in [1.82, 2.24) is 9.80 Å². The Morgan fingerprint density at radius 2 is 2.05 bits per heavy atom. The van der Waals surface area contributed by atoms with E-state index in [-0.39, 0.29) is 13.1 Å². The van der Waals surface area contributed by atoms with Crippen molar-refractivity contribution < 1.29 is 33.3 Å². The lowest BCUT2D eigenvalue weighted by atomic mass is 9.96. The summed E-state index contributed by atoms with van der Waals surface area (Å²) < 4.78 is 28.6. The summed E-state index contributed by atoms with van der Waals surface area (Å²) in [5.74, 6) is 0. The van der Waals surface area contributed by atoms with Gasteiger partial charge in [0, 0.05) is 13.1 Å². The Hall–Kier alpha value is -1.64. The molecule has 0 unspecified atom stereocenters. The van der Waals surface area contributed by atoms with Gasteiger partial charge in [0.25, 0.3) is 0 Å². The van der Waals surface area contributed by atoms with E-state index in [9.17, 15) is 23.5 Å². The molecule has 0 aromatic heterocycles. The van der Waals surface area contributed by atoms with Crippen LogP contribution in [-0.2, 0) is 4.74 Å². The molecule has 0 radical (unpaired) electrons. The highest BCUT2D eigenvalue weighted by atomic mass is 19.3. The average molecular weight is 280 g/mol. The number of nitrogens with zero attached hydrogens (tertiary/aromatic N) is 2. The van der Waals surface area contributed by atoms with Crippen LogP contribution in [0.25, 0.3) is 0 Å². The fourth-order valence-corrected chi connectivity index (χ4v) is 2.98. The Labute approximate surface area is 107 Å². The van der Waals surface area contributed by atoms with Gasteiger partial charge < -0.3 is 19.8 Å². The van der Waals surface area contributed by atoms with E-state index in [1.165, 1.54) is 0 Å². The van der Waals surface area contributed by atoms with E-state index in [1.807, 2.05) is 0 Å². The maximum Gasteiger partial charge on any atom is 0.408 e. The van der Waals surface area contributed by atoms with Crippen LogP contribution in [0.1, 0.15) is 12.8 Å². The minimum absolute atomic E-state index is 0.0675. The smallest absolute Gasteiger partial charge is 0.408 e. The van der Waals surface area contributed by atoms with Crippen LogP contribution in [0.3, 0.4) is 0 Å². The summed E-state index contributed by atoms with van der Waals surface area (Å²) in [5.41, 5.74) is -1.20. The molecular weight excluding hydrogens is 266 g/mol. The number of piperazine rings is 1. The summed E-state index contributed by atoms with van der Waals surface area (Å²) in [5, 5.41) is 18.2. The van der Waals surface area contributed by atoms with Crippen LogP contribution in [0, 0.1) is 0 Å². The molecule has 2 atom stereocenters. The molecule has 2 N–H and O–H groups in total. The Bertz CT molecular complexity index is 394. The van der Waals surface area contributed by atoms with Gasteiger partial charge in [-0.1, -0.05) is 0 Å². The summed E-state index contributed by atoms with van der Waals surface area (Å²) in [6.45, 7) is -3.59. The Morgan fingerprint density at radius 1 is 1.37 bits per heavy atom. The van der Waals surface area contributed by atoms with Crippen molar-refractivity contribution in [3.8, 4) is 0 Å². The molecule has 2 aliphatic rings. The van der Waals surface area contributed by atoms with Gasteiger partial charge in [-0.15, -0.1) is 0 Å². The van der Waals surface area contributed by atoms with Crippen molar-refractivity contribution in [1.29, 1.82) is 0 Å². The zero-order valence-corrected chi connectivity index (χ0v) is 9.96. The molecule has 0 aromatic rings. The first-order valence-corrected chi connectivity index (χ1v) is 5.75. The molecule has 2 fully saturated rings. The van der Waals surface area contributed by atoms with Gasteiger partial charge in [0.15, 0.2) is 0 Å². The molecule has 0 spiro atoms. The highest BCUT2D eigenvalue weighted by Gasteiger charge is 2.55. The molecule has 0 aromatic carbocycles.